The topological polar surface area (TPSA) is 401 Å². The number of aromatic amines is 6. The zero-order valence-electron chi connectivity index (χ0n) is 78.1. The van der Waals surface area contributed by atoms with E-state index in [1.54, 1.807) is 57.2 Å². The van der Waals surface area contributed by atoms with Gasteiger partial charge in [-0.2, -0.15) is 0 Å². The number of benzene rings is 4. The van der Waals surface area contributed by atoms with Gasteiger partial charge < -0.3 is 31.9 Å². The first-order valence-electron chi connectivity index (χ1n) is 47.5. The highest BCUT2D eigenvalue weighted by molar-refractivity contribution is 5.53. The van der Waals surface area contributed by atoms with Gasteiger partial charge in [-0.05, 0) is 244 Å². The van der Waals surface area contributed by atoms with Gasteiger partial charge in [-0.1, -0.05) is 70.2 Å². The van der Waals surface area contributed by atoms with Crippen molar-refractivity contribution in [2.75, 3.05) is 31.9 Å². The summed E-state index contributed by atoms with van der Waals surface area (Å²) in [6.45, 7) is 15.3. The maximum Gasteiger partial charge on any atom is 0.330 e. The summed E-state index contributed by atoms with van der Waals surface area (Å²) in [6, 6.07) is 21.7. The van der Waals surface area contributed by atoms with Crippen molar-refractivity contribution in [3.8, 4) is 0 Å². The molecule has 9 aliphatic rings. The molecule has 0 amide bonds. The Morgan fingerprint density at radius 2 is 0.638 bits per heavy atom. The van der Waals surface area contributed by atoms with Gasteiger partial charge in [0.15, 0.2) is 11.6 Å². The van der Waals surface area contributed by atoms with Gasteiger partial charge in [0.2, 0.25) is 11.8 Å². The van der Waals surface area contributed by atoms with E-state index in [0.717, 1.165) is 78.3 Å². The van der Waals surface area contributed by atoms with Gasteiger partial charge in [0.05, 0.1) is 64.1 Å². The molecule has 12 heterocycles. The fraction of sp³-hybridized carbons (Fsp3) is 0.510. The van der Waals surface area contributed by atoms with Crippen LogP contribution in [0.25, 0.3) is 0 Å². The second-order valence-electron chi connectivity index (χ2n) is 38.3. The lowest BCUT2D eigenvalue weighted by Crippen LogP contribution is -2.46. The predicted octanol–water partition coefficient (Wildman–Crippen LogP) is 14.4. The zero-order valence-corrected chi connectivity index (χ0v) is 78.1. The predicted molar refractivity (Wildman–Crippen MR) is 507 cm³/mol. The molecule has 0 bridgehead atoms. The van der Waals surface area contributed by atoms with Crippen LogP contribution in [-0.4, -0.2) is 87.4 Å². The van der Waals surface area contributed by atoms with E-state index in [1.165, 1.54) is 72.2 Å². The van der Waals surface area contributed by atoms with Gasteiger partial charge >= 0.3 is 34.1 Å². The molecule has 3 saturated carbocycles. The summed E-state index contributed by atoms with van der Waals surface area (Å²) < 4.78 is 139. The molecule has 742 valence electrons. The lowest BCUT2D eigenvalue weighted by molar-refractivity contribution is -0.0483. The lowest BCUT2D eigenvalue weighted by Gasteiger charge is -2.37. The van der Waals surface area contributed by atoms with Crippen molar-refractivity contribution in [3.05, 3.63) is 301 Å². The molecule has 138 heavy (non-hydrogen) atoms. The van der Waals surface area contributed by atoms with Crippen molar-refractivity contribution in [3.63, 3.8) is 0 Å². The third kappa shape index (κ3) is 23.4. The van der Waals surface area contributed by atoms with Gasteiger partial charge in [-0.15, -0.1) is 0 Å². The van der Waals surface area contributed by atoms with E-state index < -0.39 is 63.7 Å². The Labute approximate surface area is 784 Å². The highest BCUT2D eigenvalue weighted by Crippen LogP contribution is 2.43. The van der Waals surface area contributed by atoms with E-state index >= 15 is 0 Å². The van der Waals surface area contributed by atoms with Crippen LogP contribution >= 0.6 is 0 Å². The number of alkyl halides is 5. The van der Waals surface area contributed by atoms with E-state index in [9.17, 15) is 101 Å². The molecular weight excluding hydrogens is 1810 g/mol. The van der Waals surface area contributed by atoms with E-state index in [4.69, 9.17) is 0 Å². The number of fused-ring (bicyclic) bond motifs is 6. The Hall–Kier alpha value is -12.9. The van der Waals surface area contributed by atoms with Crippen LogP contribution in [0.2, 0.25) is 0 Å². The molecule has 30 nitrogen and oxygen atoms in total. The molecule has 0 saturated heterocycles. The molecule has 1 unspecified atom stereocenters. The number of aromatic nitrogens is 12. The summed E-state index contributed by atoms with van der Waals surface area (Å²) in [5.41, 5.74) is 2.42. The van der Waals surface area contributed by atoms with E-state index in [-0.39, 0.29) is 155 Å². The number of hydrogen-bond acceptors (Lipinski definition) is 18. The Morgan fingerprint density at radius 3 is 0.971 bits per heavy atom. The molecule has 6 aliphatic heterocycles. The van der Waals surface area contributed by atoms with Crippen molar-refractivity contribution in [1.29, 1.82) is 0 Å². The fourth-order valence-corrected chi connectivity index (χ4v) is 19.7. The van der Waals surface area contributed by atoms with E-state index in [2.05, 4.69) is 61.8 Å². The number of halogens is 10. The van der Waals surface area contributed by atoms with Crippen LogP contribution in [0.15, 0.2) is 149 Å². The monoisotopic (exact) mass is 1930 g/mol. The molecule has 12 N–H and O–H groups in total. The van der Waals surface area contributed by atoms with Crippen LogP contribution in [0.5, 0.6) is 0 Å². The SMILES string of the molecule is CC(C)Cn1c(=O)[nH]c2c(c1=O)CC[C@H](C1CCC(F)(F)CC1)N2.CC(C)Cn1c(=O)[nH]c2c(c1=O)CC[C@H](c1ccc(F)c(F)c1)N2.CC(C)n1c(=O)[nH]c2c(c1=O)CC[C@H](c1ccc(F)cc1)N2.CC(F)Cn1c(=O)[nH]c2c(c1=O)CC[C@H](c1ccc(F)cc1)N2.CCn1c(=O)[nH]c2c(c1=O)CC[C@H](c1ccc(F)cc1)N2.O=c1[nH]c2c(c(=O)n1C1CCC1)CC[C@H](C1CCC(F)(F)CC1)N2. The highest BCUT2D eigenvalue weighted by Gasteiger charge is 2.42. The van der Waals surface area contributed by atoms with Gasteiger partial charge in [-0.3, -0.25) is 86.1 Å². The first-order valence-corrected chi connectivity index (χ1v) is 47.5. The van der Waals surface area contributed by atoms with Crippen molar-refractivity contribution >= 4 is 34.9 Å². The molecule has 3 fully saturated rings. The minimum absolute atomic E-state index is 0.0323. The molecule has 3 aliphatic carbocycles. The van der Waals surface area contributed by atoms with Crippen LogP contribution in [0, 0.1) is 52.8 Å². The number of H-pyrrole nitrogens is 6. The van der Waals surface area contributed by atoms with E-state index in [1.807, 2.05) is 27.7 Å². The standard InChI is InChI=1S/C17H23F2N3O2.C17H19F2N3O2.C17H25F2N3O2.C16H17F2N3O2.C16H18FN3O2.C15H16FN3O2/c18-17(19)8-6-10(7-9-17)13-5-4-12-14(20-13)21-16(24)22(15(12)23)11-2-1-3-11;1-9(2)8-22-16(23)11-4-6-14(20-15(11)21-17(22)24)10-3-5-12(18)13(19)7-10;1-10(2)9-22-15(23)12-3-4-13(20-14(12)21-16(22)24)11-5-7-17(18,19)8-6-11;1-9(17)8-21-15(22)12-6-7-13(19-14(12)20-16(21)23)10-2-4-11(18)5-3-10;1-9(2)20-15(21)12-7-8-13(18-14(12)19-16(20)22)10-3-5-11(17)6-4-10;1-2-19-14(20)11-7-8-12(17-13(11)18-15(19)21)9-3-5-10(16)6-4-9/h10-11,13,20H,1-9H2,(H,21,24);3,5,7,9,14,20H,4,6,8H2,1-2H3,(H,21,24);10-11,13,20H,3-9H2,1-2H3,(H,21,24);2-5,9,13,19H,6-8H2,1H3,(H,20,23);3-6,9,13,18H,7-8H2,1-2H3,(H,19,22);3-6,12,17H,2,7-8H2,1H3,(H,18,21)/t13-;14-;13-;9?,13-;13-;12-/m111111/s1. The van der Waals surface area contributed by atoms with Crippen molar-refractivity contribution in [1.82, 2.24) is 57.3 Å². The minimum atomic E-state index is -2.54. The summed E-state index contributed by atoms with van der Waals surface area (Å²) in [5, 5.41) is 19.0. The number of rotatable bonds is 15. The second-order valence-corrected chi connectivity index (χ2v) is 38.3. The third-order valence-corrected chi connectivity index (χ3v) is 27.3. The van der Waals surface area contributed by atoms with E-state index in [0.29, 0.717) is 171 Å². The van der Waals surface area contributed by atoms with Crippen LogP contribution < -0.4 is 99.4 Å². The molecule has 10 aromatic rings. The Bertz CT molecular complexity index is 6850. The second kappa shape index (κ2) is 43.0. The maximum absolute atomic E-state index is 13.4. The average molecular weight is 1930 g/mol. The summed E-state index contributed by atoms with van der Waals surface area (Å²) in [7, 11) is 0. The summed E-state index contributed by atoms with van der Waals surface area (Å²) in [5.74, 6) is -4.37. The van der Waals surface area contributed by atoms with Crippen LogP contribution in [0.4, 0.5) is 78.8 Å². The summed E-state index contributed by atoms with van der Waals surface area (Å²) in [6.07, 6.45) is 10.6. The van der Waals surface area contributed by atoms with Gasteiger partial charge in [0.1, 0.15) is 58.5 Å². The van der Waals surface area contributed by atoms with Crippen molar-refractivity contribution < 1.29 is 43.9 Å². The summed E-state index contributed by atoms with van der Waals surface area (Å²) in [4.78, 5) is 164. The minimum Gasteiger partial charge on any atom is -0.368 e. The van der Waals surface area contributed by atoms with Gasteiger partial charge in [-0.25, -0.2) is 72.7 Å². The van der Waals surface area contributed by atoms with Crippen LogP contribution in [-0.2, 0) is 64.7 Å². The molecule has 40 heteroatoms. The Morgan fingerprint density at radius 1 is 0.333 bits per heavy atom. The first kappa shape index (κ1) is 101. The van der Waals surface area contributed by atoms with Crippen molar-refractivity contribution in [2.45, 2.75) is 296 Å². The van der Waals surface area contributed by atoms with Crippen molar-refractivity contribution in [2.24, 2.45) is 23.7 Å². The smallest absolute Gasteiger partial charge is 0.330 e. The third-order valence-electron chi connectivity index (χ3n) is 27.3. The molecular formula is C98H118F10N18O12. The number of nitrogens with zero attached hydrogens (tertiary/aromatic N) is 6. The number of anilines is 6. The maximum atomic E-state index is 13.4. The quantitative estimate of drug-likeness (QED) is 0.0424. The summed E-state index contributed by atoms with van der Waals surface area (Å²) >= 11 is 0. The molecule has 4 aromatic carbocycles. The molecule has 0 spiro atoms. The fourth-order valence-electron chi connectivity index (χ4n) is 19.7. The van der Waals surface area contributed by atoms with Gasteiger partial charge in [0.25, 0.3) is 33.4 Å². The molecule has 6 aromatic heterocycles. The first-order chi connectivity index (χ1) is 65.6. The lowest BCUT2D eigenvalue weighted by atomic mass is 9.79. The zero-order chi connectivity index (χ0) is 99.2. The molecule has 19 rings (SSSR count). The average Bonchev–Trinajstić information content (AvgIpc) is 0.789. The Kier molecular flexibility index (Phi) is 31.5. The molecule has 0 radical (unpaired) electrons. The number of nitrogens with one attached hydrogen (secondary N) is 12. The van der Waals surface area contributed by atoms with Crippen LogP contribution in [0.3, 0.4) is 0 Å². The largest absolute Gasteiger partial charge is 0.368 e. The normalized spacial score (nSPS) is 20.2. The number of hydrogen-bond donors (Lipinski definition) is 12. The van der Waals surface area contributed by atoms with Crippen LogP contribution in [0.1, 0.15) is 256 Å². The highest BCUT2D eigenvalue weighted by atomic mass is 19.3. The Balaban J connectivity index is 0.000000132. The molecule has 7 atom stereocenters. The van der Waals surface area contributed by atoms with Gasteiger partial charge in [0, 0.05) is 69.5 Å².